The second-order valence-corrected chi connectivity index (χ2v) is 10.2. The highest BCUT2D eigenvalue weighted by molar-refractivity contribution is 5.82. The number of hydrogen-bond donors (Lipinski definition) is 4. The second-order valence-electron chi connectivity index (χ2n) is 10.2. The molecule has 1 fully saturated rings. The van der Waals surface area contributed by atoms with Gasteiger partial charge in [0.2, 0.25) is 5.91 Å². The molecular weight excluding hydrogens is 470 g/mol. The van der Waals surface area contributed by atoms with Crippen LogP contribution in [-0.2, 0) is 35.7 Å². The van der Waals surface area contributed by atoms with E-state index in [2.05, 4.69) is 5.32 Å². The Morgan fingerprint density at radius 1 is 1.28 bits per heavy atom. The highest BCUT2D eigenvalue weighted by Gasteiger charge is 2.70. The molecule has 5 rings (SSSR count). The Kier molecular flexibility index (Phi) is 5.99. The van der Waals surface area contributed by atoms with Gasteiger partial charge in [0, 0.05) is 12.1 Å². The number of aliphatic hydroxyl groups excluding tert-OH is 1. The maximum Gasteiger partial charge on any atom is 0.352 e. The number of nitrogens with one attached hydrogen (secondary N) is 1. The van der Waals surface area contributed by atoms with Gasteiger partial charge in [-0.2, -0.15) is 0 Å². The molecule has 0 radical (unpaired) electrons. The van der Waals surface area contributed by atoms with Crippen LogP contribution in [-0.4, -0.2) is 63.6 Å². The molecule has 6 atom stereocenters. The minimum Gasteiger partial charge on any atom is -0.504 e. The molecule has 1 amide bonds. The van der Waals surface area contributed by atoms with Crippen molar-refractivity contribution in [2.75, 3.05) is 6.54 Å². The summed E-state index contributed by atoms with van der Waals surface area (Å²) in [6.45, 7) is 2.65. The van der Waals surface area contributed by atoms with E-state index in [0.29, 0.717) is 18.6 Å². The Morgan fingerprint density at radius 3 is 2.81 bits per heavy atom. The average Bonchev–Trinajstić information content (AvgIpc) is 3.17. The van der Waals surface area contributed by atoms with Crippen LogP contribution in [0.3, 0.4) is 0 Å². The molecule has 1 saturated carbocycles. The number of aromatic hydroxyl groups is 1. The fourth-order valence-corrected chi connectivity index (χ4v) is 6.47. The van der Waals surface area contributed by atoms with Crippen molar-refractivity contribution in [3.63, 3.8) is 0 Å². The number of carbonyl (C=O) groups excluding carboxylic acids is 3. The number of ether oxygens (including phenoxy) is 3. The van der Waals surface area contributed by atoms with E-state index in [4.69, 9.17) is 19.3 Å². The van der Waals surface area contributed by atoms with Crippen LogP contribution < -0.4 is 10.1 Å². The first kappa shape index (κ1) is 24.6. The van der Waals surface area contributed by atoms with Gasteiger partial charge in [-0.15, -0.1) is 0 Å². The van der Waals surface area contributed by atoms with Crippen molar-refractivity contribution in [3.8, 4) is 11.5 Å². The van der Waals surface area contributed by atoms with E-state index >= 15 is 0 Å². The number of amides is 1. The van der Waals surface area contributed by atoms with E-state index in [9.17, 15) is 24.6 Å². The van der Waals surface area contributed by atoms with E-state index in [1.54, 1.807) is 12.1 Å². The summed E-state index contributed by atoms with van der Waals surface area (Å²) in [5, 5.41) is 34.1. The lowest BCUT2D eigenvalue weighted by Gasteiger charge is -2.59. The normalized spacial score (nSPS) is 30.7. The van der Waals surface area contributed by atoms with Gasteiger partial charge in [-0.25, -0.2) is 4.79 Å². The van der Waals surface area contributed by atoms with Gasteiger partial charge in [-0.05, 0) is 63.2 Å². The molecule has 2 bridgehead atoms. The van der Waals surface area contributed by atoms with Crippen LogP contribution in [0.2, 0.25) is 0 Å². The highest BCUT2D eigenvalue weighted by Crippen LogP contribution is 2.67. The molecule has 36 heavy (non-hydrogen) atoms. The first-order chi connectivity index (χ1) is 17.1. The van der Waals surface area contributed by atoms with Gasteiger partial charge < -0.3 is 34.8 Å². The van der Waals surface area contributed by atoms with Crippen molar-refractivity contribution in [3.05, 3.63) is 35.1 Å². The standard InChI is InChI=1S/C26H31NO9/c1-13(28)23(31)27-11-8-19(30)34-14(2)24(32)35-18-7-10-26(33)16-4-3-9-25(26)20-15(12-16)5-6-17(29)21(20)36-22(18)25/h5-7,13-14,16,22,28-29,33H,3-4,8-12H2,1-2H3,(H,27,31)/t13-,14-,16+,22-,25-,26+/m0/s1. The predicted octanol–water partition coefficient (Wildman–Crippen LogP) is 1.13. The van der Waals surface area contributed by atoms with Crippen molar-refractivity contribution in [1.82, 2.24) is 5.32 Å². The number of benzene rings is 1. The third kappa shape index (κ3) is 3.57. The van der Waals surface area contributed by atoms with Gasteiger partial charge in [0.05, 0.1) is 17.4 Å². The molecule has 194 valence electrons. The minimum absolute atomic E-state index is 0.0143. The van der Waals surface area contributed by atoms with Crippen LogP contribution in [0.5, 0.6) is 11.5 Å². The summed E-state index contributed by atoms with van der Waals surface area (Å²) in [7, 11) is 0. The fourth-order valence-electron chi connectivity index (χ4n) is 6.47. The predicted molar refractivity (Wildman–Crippen MR) is 124 cm³/mol. The van der Waals surface area contributed by atoms with Crippen LogP contribution in [0, 0.1) is 5.92 Å². The maximum atomic E-state index is 12.8. The Balaban J connectivity index is 1.31. The molecule has 3 aliphatic carbocycles. The molecule has 0 aromatic heterocycles. The van der Waals surface area contributed by atoms with E-state index in [-0.39, 0.29) is 36.8 Å². The minimum atomic E-state index is -1.22. The molecular formula is C26H31NO9. The molecule has 0 unspecified atom stereocenters. The largest absolute Gasteiger partial charge is 0.504 e. The van der Waals surface area contributed by atoms with E-state index < -0.39 is 47.2 Å². The molecule has 1 aromatic rings. The quantitative estimate of drug-likeness (QED) is 0.403. The summed E-state index contributed by atoms with van der Waals surface area (Å²) >= 11 is 0. The lowest BCUT2D eigenvalue weighted by atomic mass is 9.47. The molecule has 0 saturated heterocycles. The summed E-state index contributed by atoms with van der Waals surface area (Å²) < 4.78 is 17.1. The van der Waals surface area contributed by atoms with Gasteiger partial charge in [0.15, 0.2) is 23.7 Å². The third-order valence-corrected chi connectivity index (χ3v) is 8.13. The molecule has 10 nitrogen and oxygen atoms in total. The van der Waals surface area contributed by atoms with Crippen molar-refractivity contribution in [2.24, 2.45) is 5.92 Å². The zero-order valence-corrected chi connectivity index (χ0v) is 20.3. The molecule has 1 aromatic carbocycles. The Hall–Kier alpha value is -3.11. The average molecular weight is 502 g/mol. The molecule has 1 aliphatic heterocycles. The molecule has 10 heteroatoms. The monoisotopic (exact) mass is 501 g/mol. The van der Waals surface area contributed by atoms with Crippen molar-refractivity contribution >= 4 is 17.8 Å². The summed E-state index contributed by atoms with van der Waals surface area (Å²) in [4.78, 5) is 36.3. The van der Waals surface area contributed by atoms with Gasteiger partial charge >= 0.3 is 11.9 Å². The highest BCUT2D eigenvalue weighted by atomic mass is 16.6. The van der Waals surface area contributed by atoms with Crippen LogP contribution in [0.4, 0.5) is 0 Å². The third-order valence-electron chi connectivity index (χ3n) is 8.13. The number of esters is 2. The van der Waals surface area contributed by atoms with E-state index in [1.807, 2.05) is 6.07 Å². The Bertz CT molecular complexity index is 1140. The Morgan fingerprint density at radius 2 is 2.06 bits per heavy atom. The zero-order chi connectivity index (χ0) is 25.8. The number of carbonyl (C=O) groups is 3. The number of hydrogen-bond acceptors (Lipinski definition) is 9. The summed E-state index contributed by atoms with van der Waals surface area (Å²) in [6, 6.07) is 3.48. The molecule has 1 spiro atoms. The fraction of sp³-hybridized carbons (Fsp3) is 0.577. The smallest absolute Gasteiger partial charge is 0.352 e. The topological polar surface area (TPSA) is 152 Å². The van der Waals surface area contributed by atoms with Gasteiger partial charge in [0.25, 0.3) is 0 Å². The number of aliphatic hydroxyl groups is 2. The lowest BCUT2D eigenvalue weighted by molar-refractivity contribution is -0.171. The van der Waals surface area contributed by atoms with Crippen LogP contribution in [0.1, 0.15) is 57.1 Å². The molecule has 4 N–H and O–H groups in total. The van der Waals surface area contributed by atoms with Gasteiger partial charge in [-0.3, -0.25) is 9.59 Å². The van der Waals surface area contributed by atoms with E-state index in [1.165, 1.54) is 13.8 Å². The molecule has 1 heterocycles. The van der Waals surface area contributed by atoms with Gasteiger partial charge in [0.1, 0.15) is 11.9 Å². The van der Waals surface area contributed by atoms with Crippen LogP contribution in [0.25, 0.3) is 0 Å². The number of rotatable bonds is 7. The number of phenols is 1. The first-order valence-electron chi connectivity index (χ1n) is 12.4. The maximum absolute atomic E-state index is 12.8. The van der Waals surface area contributed by atoms with Crippen LogP contribution >= 0.6 is 0 Å². The summed E-state index contributed by atoms with van der Waals surface area (Å²) in [5.41, 5.74) is -0.0559. The summed E-state index contributed by atoms with van der Waals surface area (Å²) in [6.07, 6.45) is 1.66. The first-order valence-corrected chi connectivity index (χ1v) is 12.4. The number of phenolic OH excluding ortho intramolecular Hbond substituents is 1. The van der Waals surface area contributed by atoms with Gasteiger partial charge in [-0.1, -0.05) is 12.5 Å². The zero-order valence-electron chi connectivity index (χ0n) is 20.3. The van der Waals surface area contributed by atoms with Crippen molar-refractivity contribution < 1.29 is 43.9 Å². The summed E-state index contributed by atoms with van der Waals surface area (Å²) in [5.74, 6) is -1.53. The molecule has 4 aliphatic rings. The SMILES string of the molecule is C[C@H](O)C(=O)NCCC(=O)O[C@@H](C)C(=O)OC1=CC[C@@]2(O)[C@@H]3CCC[C@@]24c2c(ccc(O)c2O[C@@H]14)C3. The van der Waals surface area contributed by atoms with Crippen molar-refractivity contribution in [1.29, 1.82) is 0 Å². The van der Waals surface area contributed by atoms with Crippen molar-refractivity contribution in [2.45, 2.75) is 81.7 Å². The van der Waals surface area contributed by atoms with E-state index in [0.717, 1.165) is 24.0 Å². The Labute approximate surface area is 208 Å². The lowest BCUT2D eigenvalue weighted by Crippen LogP contribution is -2.67. The second kappa shape index (κ2) is 8.77. The van der Waals surface area contributed by atoms with Crippen LogP contribution in [0.15, 0.2) is 24.0 Å².